The van der Waals surface area contributed by atoms with Crippen LogP contribution in [0, 0.1) is 6.92 Å². The molecule has 2 rings (SSSR count). The maximum absolute atomic E-state index is 6.27. The summed E-state index contributed by atoms with van der Waals surface area (Å²) in [6.07, 6.45) is 1.10. The molecule has 0 saturated carbocycles. The largest absolute Gasteiger partial charge is 0.306 e. The van der Waals surface area contributed by atoms with E-state index in [1.165, 1.54) is 11.1 Å². The second kappa shape index (κ2) is 7.26. The molecule has 0 amide bonds. The van der Waals surface area contributed by atoms with Crippen LogP contribution < -0.4 is 5.32 Å². The zero-order chi connectivity index (χ0) is 14.5. The van der Waals surface area contributed by atoms with Crippen LogP contribution in [0.2, 0.25) is 5.02 Å². The molecule has 0 aliphatic carbocycles. The molecule has 20 heavy (non-hydrogen) atoms. The van der Waals surface area contributed by atoms with Crippen molar-refractivity contribution < 1.29 is 0 Å². The van der Waals surface area contributed by atoms with Crippen molar-refractivity contribution >= 4 is 27.5 Å². The van der Waals surface area contributed by atoms with Gasteiger partial charge in [0, 0.05) is 9.50 Å². The van der Waals surface area contributed by atoms with Gasteiger partial charge in [0.2, 0.25) is 0 Å². The molecule has 1 N–H and O–H groups in total. The van der Waals surface area contributed by atoms with Crippen molar-refractivity contribution in [3.63, 3.8) is 0 Å². The third-order valence-corrected chi connectivity index (χ3v) is 4.36. The molecule has 106 valence electrons. The summed E-state index contributed by atoms with van der Waals surface area (Å²) < 4.78 is 1.10. The second-order valence-electron chi connectivity index (χ2n) is 4.89. The number of nitrogens with one attached hydrogen (secondary N) is 1. The molecular formula is C17H19BrClN. The molecule has 2 aromatic rings. The summed E-state index contributed by atoms with van der Waals surface area (Å²) in [6.45, 7) is 5.24. The van der Waals surface area contributed by atoms with Crippen LogP contribution >= 0.6 is 27.5 Å². The summed E-state index contributed by atoms with van der Waals surface area (Å²) in [5.74, 6) is 0. The Hall–Kier alpha value is -0.830. The Morgan fingerprint density at radius 1 is 1.15 bits per heavy atom. The zero-order valence-corrected chi connectivity index (χ0v) is 14.1. The standard InChI is InChI=1S/C17H19BrClN/c1-3-11-20-17(13-7-9-14(18)10-8-13)15-5-4-6-16(19)12(15)2/h4-10,17,20H,3,11H2,1-2H3. The van der Waals surface area contributed by atoms with E-state index in [1.54, 1.807) is 0 Å². The molecule has 0 spiro atoms. The van der Waals surface area contributed by atoms with Gasteiger partial charge in [0.25, 0.3) is 0 Å². The van der Waals surface area contributed by atoms with Crippen LogP contribution in [-0.2, 0) is 0 Å². The Kier molecular flexibility index (Phi) is 5.64. The molecule has 1 atom stereocenters. The van der Waals surface area contributed by atoms with Gasteiger partial charge < -0.3 is 5.32 Å². The van der Waals surface area contributed by atoms with Gasteiger partial charge in [-0.2, -0.15) is 0 Å². The van der Waals surface area contributed by atoms with E-state index in [-0.39, 0.29) is 6.04 Å². The Morgan fingerprint density at radius 3 is 2.50 bits per heavy atom. The summed E-state index contributed by atoms with van der Waals surface area (Å²) in [7, 11) is 0. The van der Waals surface area contributed by atoms with Gasteiger partial charge in [-0.3, -0.25) is 0 Å². The van der Waals surface area contributed by atoms with Crippen molar-refractivity contribution in [2.45, 2.75) is 26.3 Å². The lowest BCUT2D eigenvalue weighted by Gasteiger charge is -2.22. The highest BCUT2D eigenvalue weighted by molar-refractivity contribution is 9.10. The van der Waals surface area contributed by atoms with E-state index in [0.29, 0.717) is 0 Å². The van der Waals surface area contributed by atoms with Gasteiger partial charge in [0.1, 0.15) is 0 Å². The number of rotatable bonds is 5. The SMILES string of the molecule is CCCNC(c1ccc(Br)cc1)c1cccc(Cl)c1C. The van der Waals surface area contributed by atoms with Crippen molar-refractivity contribution in [2.24, 2.45) is 0 Å². The number of hydrogen-bond donors (Lipinski definition) is 1. The molecule has 0 aliphatic heterocycles. The molecule has 0 aliphatic rings. The lowest BCUT2D eigenvalue weighted by atomic mass is 9.95. The first kappa shape index (κ1) is 15.6. The monoisotopic (exact) mass is 351 g/mol. The van der Waals surface area contributed by atoms with Gasteiger partial charge in [0.15, 0.2) is 0 Å². The van der Waals surface area contributed by atoms with Crippen LogP contribution in [0.5, 0.6) is 0 Å². The first-order valence-electron chi connectivity index (χ1n) is 6.87. The van der Waals surface area contributed by atoms with Gasteiger partial charge in [-0.05, 0) is 54.8 Å². The van der Waals surface area contributed by atoms with Crippen molar-refractivity contribution in [1.82, 2.24) is 5.32 Å². The molecule has 0 radical (unpaired) electrons. The highest BCUT2D eigenvalue weighted by atomic mass is 79.9. The third-order valence-electron chi connectivity index (χ3n) is 3.42. The molecule has 0 heterocycles. The molecule has 3 heteroatoms. The van der Waals surface area contributed by atoms with Crippen LogP contribution in [0.25, 0.3) is 0 Å². The Bertz CT molecular complexity index is 566. The molecule has 2 aromatic carbocycles. The fraction of sp³-hybridized carbons (Fsp3) is 0.294. The lowest BCUT2D eigenvalue weighted by molar-refractivity contribution is 0.596. The van der Waals surface area contributed by atoms with E-state index in [1.807, 2.05) is 12.1 Å². The van der Waals surface area contributed by atoms with E-state index in [0.717, 1.165) is 28.0 Å². The Labute approximate surface area is 134 Å². The van der Waals surface area contributed by atoms with Gasteiger partial charge in [-0.15, -0.1) is 0 Å². The maximum atomic E-state index is 6.27. The Balaban J connectivity index is 2.41. The molecule has 0 fully saturated rings. The van der Waals surface area contributed by atoms with E-state index in [2.05, 4.69) is 65.4 Å². The van der Waals surface area contributed by atoms with Crippen LogP contribution in [0.4, 0.5) is 0 Å². The number of hydrogen-bond acceptors (Lipinski definition) is 1. The second-order valence-corrected chi connectivity index (χ2v) is 6.22. The average molecular weight is 353 g/mol. The topological polar surface area (TPSA) is 12.0 Å². The smallest absolute Gasteiger partial charge is 0.0579 e. The number of benzene rings is 2. The van der Waals surface area contributed by atoms with Gasteiger partial charge in [0.05, 0.1) is 6.04 Å². The van der Waals surface area contributed by atoms with Crippen molar-refractivity contribution in [1.29, 1.82) is 0 Å². The molecule has 0 aromatic heterocycles. The van der Waals surface area contributed by atoms with Crippen LogP contribution in [0.3, 0.4) is 0 Å². The summed E-state index contributed by atoms with van der Waals surface area (Å²) in [6, 6.07) is 14.8. The van der Waals surface area contributed by atoms with Gasteiger partial charge >= 0.3 is 0 Å². The Morgan fingerprint density at radius 2 is 1.85 bits per heavy atom. The molecular weight excluding hydrogens is 334 g/mol. The van der Waals surface area contributed by atoms with Crippen molar-refractivity contribution in [3.8, 4) is 0 Å². The fourth-order valence-corrected chi connectivity index (χ4v) is 2.73. The quantitative estimate of drug-likeness (QED) is 0.749. The third kappa shape index (κ3) is 3.63. The molecule has 1 unspecified atom stereocenters. The van der Waals surface area contributed by atoms with Crippen LogP contribution in [0.15, 0.2) is 46.9 Å². The summed E-state index contributed by atoms with van der Waals surface area (Å²) in [5.41, 5.74) is 3.64. The van der Waals surface area contributed by atoms with Gasteiger partial charge in [-0.25, -0.2) is 0 Å². The first-order valence-corrected chi connectivity index (χ1v) is 8.04. The molecule has 0 saturated heterocycles. The van der Waals surface area contributed by atoms with E-state index < -0.39 is 0 Å². The predicted octanol–water partition coefficient (Wildman–Crippen LogP) is 5.50. The van der Waals surface area contributed by atoms with Crippen molar-refractivity contribution in [3.05, 3.63) is 68.7 Å². The van der Waals surface area contributed by atoms with E-state index >= 15 is 0 Å². The average Bonchev–Trinajstić information content (AvgIpc) is 2.45. The predicted molar refractivity (Wildman–Crippen MR) is 90.5 cm³/mol. The normalized spacial score (nSPS) is 12.4. The van der Waals surface area contributed by atoms with Crippen LogP contribution in [-0.4, -0.2) is 6.54 Å². The number of halogens is 2. The molecule has 1 nitrogen and oxygen atoms in total. The fourth-order valence-electron chi connectivity index (χ4n) is 2.29. The van der Waals surface area contributed by atoms with Crippen molar-refractivity contribution in [2.75, 3.05) is 6.54 Å². The summed E-state index contributed by atoms with van der Waals surface area (Å²) in [5, 5.41) is 4.44. The maximum Gasteiger partial charge on any atom is 0.0579 e. The minimum absolute atomic E-state index is 0.182. The van der Waals surface area contributed by atoms with E-state index in [4.69, 9.17) is 11.6 Å². The summed E-state index contributed by atoms with van der Waals surface area (Å²) >= 11 is 9.76. The van der Waals surface area contributed by atoms with E-state index in [9.17, 15) is 0 Å². The summed E-state index contributed by atoms with van der Waals surface area (Å²) in [4.78, 5) is 0. The first-order chi connectivity index (χ1) is 9.63. The highest BCUT2D eigenvalue weighted by Gasteiger charge is 2.16. The highest BCUT2D eigenvalue weighted by Crippen LogP contribution is 2.29. The van der Waals surface area contributed by atoms with Gasteiger partial charge in [-0.1, -0.05) is 58.7 Å². The lowest BCUT2D eigenvalue weighted by Crippen LogP contribution is -2.24. The van der Waals surface area contributed by atoms with Crippen LogP contribution in [0.1, 0.15) is 36.1 Å². The minimum Gasteiger partial charge on any atom is -0.306 e. The minimum atomic E-state index is 0.182. The molecule has 0 bridgehead atoms. The zero-order valence-electron chi connectivity index (χ0n) is 11.8.